The molecular weight excluding hydrogens is 385 g/mol. The first-order valence-corrected chi connectivity index (χ1v) is 8.83. The van der Waals surface area contributed by atoms with Gasteiger partial charge in [0.2, 0.25) is 0 Å². The van der Waals surface area contributed by atoms with Gasteiger partial charge in [0.1, 0.15) is 0 Å². The van der Waals surface area contributed by atoms with E-state index in [2.05, 4.69) is 0 Å². The van der Waals surface area contributed by atoms with Gasteiger partial charge in [0, 0.05) is 22.1 Å². The lowest BCUT2D eigenvalue weighted by Gasteiger charge is -2.10. The number of hydrogen-bond acceptors (Lipinski definition) is 1. The summed E-state index contributed by atoms with van der Waals surface area (Å²) in [6.45, 7) is 3.82. The van der Waals surface area contributed by atoms with Gasteiger partial charge in [-0.1, -0.05) is 23.7 Å². The van der Waals surface area contributed by atoms with Gasteiger partial charge in [0.25, 0.3) is 0 Å². The van der Waals surface area contributed by atoms with Crippen LogP contribution in [0.15, 0.2) is 54.6 Å². The molecule has 0 saturated carbocycles. The number of nitriles is 1. The van der Waals surface area contributed by atoms with Crippen molar-refractivity contribution in [2.24, 2.45) is 0 Å². The van der Waals surface area contributed by atoms with Gasteiger partial charge in [-0.2, -0.15) is 18.4 Å². The van der Waals surface area contributed by atoms with Crippen molar-refractivity contribution in [3.63, 3.8) is 0 Å². The normalized spacial score (nSPS) is 12.1. The zero-order valence-corrected chi connectivity index (χ0v) is 15.9. The van der Waals surface area contributed by atoms with E-state index in [-0.39, 0.29) is 11.1 Å². The van der Waals surface area contributed by atoms with Gasteiger partial charge in [0.05, 0.1) is 17.2 Å². The lowest BCUT2D eigenvalue weighted by atomic mass is 10.0. The van der Waals surface area contributed by atoms with Crippen molar-refractivity contribution in [2.45, 2.75) is 20.0 Å². The molecule has 0 fully saturated rings. The van der Waals surface area contributed by atoms with Crippen molar-refractivity contribution in [2.75, 3.05) is 0 Å². The van der Waals surface area contributed by atoms with Crippen LogP contribution in [0.25, 0.3) is 17.3 Å². The Bertz CT molecular complexity index is 1080. The molecule has 1 aromatic heterocycles. The molecule has 0 radical (unpaired) electrons. The average molecular weight is 401 g/mol. The highest BCUT2D eigenvalue weighted by Crippen LogP contribution is 2.32. The highest BCUT2D eigenvalue weighted by molar-refractivity contribution is 6.30. The van der Waals surface area contributed by atoms with E-state index in [1.807, 2.05) is 42.7 Å². The van der Waals surface area contributed by atoms with Gasteiger partial charge < -0.3 is 4.57 Å². The van der Waals surface area contributed by atoms with Crippen LogP contribution in [0, 0.1) is 25.2 Å². The Morgan fingerprint density at radius 3 is 2.36 bits per heavy atom. The largest absolute Gasteiger partial charge is 0.416 e. The van der Waals surface area contributed by atoms with Crippen molar-refractivity contribution in [3.05, 3.63) is 87.7 Å². The molecule has 3 rings (SSSR count). The Morgan fingerprint density at radius 1 is 1.07 bits per heavy atom. The van der Waals surface area contributed by atoms with Crippen LogP contribution in [0.1, 0.15) is 28.1 Å². The summed E-state index contributed by atoms with van der Waals surface area (Å²) in [5.41, 5.74) is 3.11. The zero-order chi connectivity index (χ0) is 20.5. The molecule has 0 unspecified atom stereocenters. The molecule has 142 valence electrons. The summed E-state index contributed by atoms with van der Waals surface area (Å²) in [7, 11) is 0. The van der Waals surface area contributed by atoms with Gasteiger partial charge in [-0.3, -0.25) is 0 Å². The summed E-state index contributed by atoms with van der Waals surface area (Å²) in [5.74, 6) is 0. The third-order valence-electron chi connectivity index (χ3n) is 4.48. The average Bonchev–Trinajstić information content (AvgIpc) is 2.93. The smallest absolute Gasteiger partial charge is 0.318 e. The highest BCUT2D eigenvalue weighted by atomic mass is 35.5. The second kappa shape index (κ2) is 7.57. The van der Waals surface area contributed by atoms with E-state index in [0.717, 1.165) is 34.8 Å². The summed E-state index contributed by atoms with van der Waals surface area (Å²) in [5, 5.41) is 10.2. The van der Waals surface area contributed by atoms with Crippen LogP contribution < -0.4 is 0 Å². The number of aromatic nitrogens is 1. The first kappa shape index (κ1) is 19.8. The monoisotopic (exact) mass is 400 g/mol. The lowest BCUT2D eigenvalue weighted by molar-refractivity contribution is -0.137. The fourth-order valence-electron chi connectivity index (χ4n) is 3.12. The minimum absolute atomic E-state index is 0.169. The Hall–Kier alpha value is -2.97. The molecule has 3 aromatic rings. The van der Waals surface area contributed by atoms with E-state index in [1.54, 1.807) is 18.2 Å². The molecule has 6 heteroatoms. The molecule has 0 saturated heterocycles. The number of alkyl halides is 3. The molecule has 1 heterocycles. The van der Waals surface area contributed by atoms with Crippen molar-refractivity contribution in [3.8, 4) is 11.8 Å². The van der Waals surface area contributed by atoms with E-state index in [4.69, 9.17) is 11.6 Å². The van der Waals surface area contributed by atoms with Crippen LogP contribution in [-0.2, 0) is 6.18 Å². The molecule has 0 atom stereocenters. The summed E-state index contributed by atoms with van der Waals surface area (Å²) in [6, 6.07) is 16.0. The van der Waals surface area contributed by atoms with E-state index in [9.17, 15) is 18.4 Å². The summed E-state index contributed by atoms with van der Waals surface area (Å²) in [6.07, 6.45) is -2.84. The maximum Gasteiger partial charge on any atom is 0.416 e. The Morgan fingerprint density at radius 2 is 1.75 bits per heavy atom. The number of hydrogen-bond donors (Lipinski definition) is 0. The standard InChI is InChI=1S/C22H16ClF3N2/c1-14-10-17(15(2)28(14)21-8-6-20(23)7-9-21)11-18(13-27)16-4-3-5-19(12-16)22(24,25)26/h3-12H,1-2H3/b18-11-. The summed E-state index contributed by atoms with van der Waals surface area (Å²) >= 11 is 5.95. The first-order valence-electron chi connectivity index (χ1n) is 8.45. The van der Waals surface area contributed by atoms with E-state index in [1.165, 1.54) is 12.1 Å². The maximum atomic E-state index is 13.0. The van der Waals surface area contributed by atoms with E-state index in [0.29, 0.717) is 5.02 Å². The number of aryl methyl sites for hydroxylation is 1. The van der Waals surface area contributed by atoms with Gasteiger partial charge >= 0.3 is 6.18 Å². The van der Waals surface area contributed by atoms with Gasteiger partial charge in [-0.25, -0.2) is 0 Å². The number of rotatable bonds is 3. The number of nitrogens with zero attached hydrogens (tertiary/aromatic N) is 2. The molecule has 0 amide bonds. The Labute approximate surface area is 166 Å². The van der Waals surface area contributed by atoms with Crippen LogP contribution in [0.2, 0.25) is 5.02 Å². The quantitative estimate of drug-likeness (QED) is 0.443. The topological polar surface area (TPSA) is 28.7 Å². The van der Waals surface area contributed by atoms with Gasteiger partial charge in [0.15, 0.2) is 0 Å². The second-order valence-electron chi connectivity index (χ2n) is 6.39. The van der Waals surface area contributed by atoms with Crippen LogP contribution in [0.3, 0.4) is 0 Å². The lowest BCUT2D eigenvalue weighted by Crippen LogP contribution is -2.04. The predicted octanol–water partition coefficient (Wildman–Crippen LogP) is 6.83. The zero-order valence-electron chi connectivity index (χ0n) is 15.2. The van der Waals surface area contributed by atoms with Crippen molar-refractivity contribution in [1.82, 2.24) is 4.57 Å². The fourth-order valence-corrected chi connectivity index (χ4v) is 3.25. The molecule has 0 aliphatic carbocycles. The Kier molecular flexibility index (Phi) is 5.35. The molecule has 28 heavy (non-hydrogen) atoms. The van der Waals surface area contributed by atoms with E-state index < -0.39 is 11.7 Å². The summed E-state index contributed by atoms with van der Waals surface area (Å²) < 4.78 is 41.0. The minimum atomic E-state index is -4.46. The van der Waals surface area contributed by atoms with Crippen molar-refractivity contribution < 1.29 is 13.2 Å². The highest BCUT2D eigenvalue weighted by Gasteiger charge is 2.30. The maximum absolute atomic E-state index is 13.0. The SMILES string of the molecule is Cc1cc(/C=C(/C#N)c2cccc(C(F)(F)F)c2)c(C)n1-c1ccc(Cl)cc1. The minimum Gasteiger partial charge on any atom is -0.318 e. The van der Waals surface area contributed by atoms with Crippen molar-refractivity contribution in [1.29, 1.82) is 5.26 Å². The predicted molar refractivity (Wildman–Crippen MR) is 105 cm³/mol. The molecule has 0 bridgehead atoms. The number of halogens is 4. The number of benzene rings is 2. The molecule has 0 aliphatic rings. The fraction of sp³-hybridized carbons (Fsp3) is 0.136. The molecule has 2 aromatic carbocycles. The third kappa shape index (κ3) is 3.97. The van der Waals surface area contributed by atoms with E-state index >= 15 is 0 Å². The van der Waals surface area contributed by atoms with Crippen LogP contribution in [0.4, 0.5) is 13.2 Å². The van der Waals surface area contributed by atoms with Gasteiger partial charge in [-0.05, 0) is 73.5 Å². The summed E-state index contributed by atoms with van der Waals surface area (Å²) in [4.78, 5) is 0. The second-order valence-corrected chi connectivity index (χ2v) is 6.82. The Balaban J connectivity index is 2.07. The molecule has 0 aliphatic heterocycles. The van der Waals surface area contributed by atoms with Crippen LogP contribution in [-0.4, -0.2) is 4.57 Å². The molecule has 0 spiro atoms. The molecular formula is C22H16ClF3N2. The third-order valence-corrected chi connectivity index (χ3v) is 4.73. The molecule has 0 N–H and O–H groups in total. The van der Waals surface area contributed by atoms with Crippen molar-refractivity contribution >= 4 is 23.3 Å². The molecule has 2 nitrogen and oxygen atoms in total. The van der Waals surface area contributed by atoms with Gasteiger partial charge in [-0.15, -0.1) is 0 Å². The first-order chi connectivity index (χ1) is 13.2. The number of allylic oxidation sites excluding steroid dienone is 1. The van der Waals surface area contributed by atoms with Crippen LogP contribution in [0.5, 0.6) is 0 Å². The van der Waals surface area contributed by atoms with Crippen LogP contribution >= 0.6 is 11.6 Å².